The second-order valence-corrected chi connectivity index (χ2v) is 5.44. The Morgan fingerprint density at radius 1 is 1.58 bits per heavy atom. The van der Waals surface area contributed by atoms with Crippen LogP contribution in [-0.4, -0.2) is 28.3 Å². The monoisotopic (exact) mass is 286 g/mol. The molecular weight excluding hydrogens is 264 g/mol. The predicted octanol–water partition coefficient (Wildman–Crippen LogP) is 1.43. The van der Waals surface area contributed by atoms with Crippen molar-refractivity contribution in [3.63, 3.8) is 0 Å². The first-order valence-electron chi connectivity index (χ1n) is 6.56. The highest BCUT2D eigenvalue weighted by molar-refractivity contribution is 5.92. The Balaban J connectivity index is 0.00000180. The molecule has 1 atom stereocenters. The van der Waals surface area contributed by atoms with Crippen LogP contribution in [0.3, 0.4) is 0 Å². The molecule has 1 aliphatic carbocycles. The topological polar surface area (TPSA) is 72.9 Å². The number of nitrogens with two attached hydrogens (primary N) is 1. The van der Waals surface area contributed by atoms with Gasteiger partial charge in [0, 0.05) is 19.6 Å². The average Bonchev–Trinajstić information content (AvgIpc) is 3.08. The number of nitrogens with one attached hydrogen (secondary N) is 1. The number of nitrogens with zero attached hydrogens (tertiary/aromatic N) is 2. The summed E-state index contributed by atoms with van der Waals surface area (Å²) in [6.07, 6.45) is 2.39. The minimum Gasteiger partial charge on any atom is -0.349 e. The summed E-state index contributed by atoms with van der Waals surface area (Å²) in [5.41, 5.74) is 7.50. The maximum Gasteiger partial charge on any atom is 0.269 e. The van der Waals surface area contributed by atoms with Gasteiger partial charge in [0.25, 0.3) is 5.91 Å². The van der Waals surface area contributed by atoms with Crippen molar-refractivity contribution in [1.29, 1.82) is 0 Å². The third-order valence-corrected chi connectivity index (χ3v) is 3.45. The number of amides is 1. The largest absolute Gasteiger partial charge is 0.349 e. The van der Waals surface area contributed by atoms with E-state index in [0.717, 1.165) is 5.69 Å². The van der Waals surface area contributed by atoms with Crippen LogP contribution in [0.1, 0.15) is 48.8 Å². The first-order chi connectivity index (χ1) is 8.49. The molecule has 0 radical (unpaired) electrons. The van der Waals surface area contributed by atoms with E-state index in [1.807, 2.05) is 6.07 Å². The van der Waals surface area contributed by atoms with Gasteiger partial charge in [0.1, 0.15) is 5.69 Å². The standard InChI is InChI=1S/C13H22N4O.ClH/c1-8(2)11-6-12(17(3)16-11)13(18)15-7-10(14)9-4-5-9;/h6,8-10H,4-5,7,14H2,1-3H3,(H,15,18);1H. The Morgan fingerprint density at radius 2 is 2.21 bits per heavy atom. The van der Waals surface area contributed by atoms with Gasteiger partial charge >= 0.3 is 0 Å². The number of halogens is 1. The molecule has 1 fully saturated rings. The first-order valence-corrected chi connectivity index (χ1v) is 6.56. The normalized spacial score (nSPS) is 16.1. The lowest BCUT2D eigenvalue weighted by molar-refractivity contribution is 0.0941. The fraction of sp³-hybridized carbons (Fsp3) is 0.692. The van der Waals surface area contributed by atoms with Gasteiger partial charge in [-0.05, 0) is 30.7 Å². The molecule has 1 unspecified atom stereocenters. The van der Waals surface area contributed by atoms with Crippen molar-refractivity contribution in [2.75, 3.05) is 6.54 Å². The summed E-state index contributed by atoms with van der Waals surface area (Å²) in [6.45, 7) is 4.67. The highest BCUT2D eigenvalue weighted by Crippen LogP contribution is 2.31. The number of aromatic nitrogens is 2. The van der Waals surface area contributed by atoms with E-state index in [4.69, 9.17) is 5.73 Å². The van der Waals surface area contributed by atoms with E-state index >= 15 is 0 Å². The van der Waals surface area contributed by atoms with Crippen LogP contribution in [0, 0.1) is 5.92 Å². The molecule has 0 bridgehead atoms. The van der Waals surface area contributed by atoms with Gasteiger partial charge in [-0.15, -0.1) is 12.4 Å². The summed E-state index contributed by atoms with van der Waals surface area (Å²) < 4.78 is 1.63. The van der Waals surface area contributed by atoms with E-state index in [1.165, 1.54) is 12.8 Å². The van der Waals surface area contributed by atoms with Crippen molar-refractivity contribution in [2.45, 2.75) is 38.6 Å². The summed E-state index contributed by atoms with van der Waals surface area (Å²) in [7, 11) is 1.79. The minimum absolute atomic E-state index is 0. The highest BCUT2D eigenvalue weighted by atomic mass is 35.5. The number of aryl methyl sites for hydroxylation is 1. The van der Waals surface area contributed by atoms with E-state index in [0.29, 0.717) is 24.1 Å². The highest BCUT2D eigenvalue weighted by Gasteiger charge is 2.28. The van der Waals surface area contributed by atoms with Crippen LogP contribution >= 0.6 is 12.4 Å². The second-order valence-electron chi connectivity index (χ2n) is 5.44. The third-order valence-electron chi connectivity index (χ3n) is 3.45. The summed E-state index contributed by atoms with van der Waals surface area (Å²) >= 11 is 0. The molecular formula is C13H23ClN4O. The van der Waals surface area contributed by atoms with Crippen LogP contribution < -0.4 is 11.1 Å². The molecule has 1 aliphatic rings. The van der Waals surface area contributed by atoms with Crippen LogP contribution in [0.15, 0.2) is 6.07 Å². The lowest BCUT2D eigenvalue weighted by atomic mass is 10.1. The van der Waals surface area contributed by atoms with Crippen molar-refractivity contribution in [1.82, 2.24) is 15.1 Å². The number of rotatable bonds is 5. The fourth-order valence-electron chi connectivity index (χ4n) is 1.98. The van der Waals surface area contributed by atoms with E-state index in [-0.39, 0.29) is 24.4 Å². The Labute approximate surface area is 120 Å². The van der Waals surface area contributed by atoms with Crippen molar-refractivity contribution in [3.05, 3.63) is 17.5 Å². The number of hydrogen-bond acceptors (Lipinski definition) is 3. The van der Waals surface area contributed by atoms with Crippen molar-refractivity contribution < 1.29 is 4.79 Å². The van der Waals surface area contributed by atoms with Gasteiger partial charge in [0.05, 0.1) is 5.69 Å². The summed E-state index contributed by atoms with van der Waals surface area (Å²) in [6, 6.07) is 1.94. The first kappa shape index (κ1) is 16.0. The zero-order valence-corrected chi connectivity index (χ0v) is 12.5. The van der Waals surface area contributed by atoms with E-state index in [1.54, 1.807) is 11.7 Å². The summed E-state index contributed by atoms with van der Waals surface area (Å²) in [4.78, 5) is 12.0. The second kappa shape index (κ2) is 6.39. The molecule has 1 aromatic heterocycles. The SMILES string of the molecule is CC(C)c1cc(C(=O)NCC(N)C2CC2)n(C)n1.Cl. The minimum atomic E-state index is -0.0898. The zero-order chi connectivity index (χ0) is 13.3. The van der Waals surface area contributed by atoms with Gasteiger partial charge in [-0.25, -0.2) is 0 Å². The molecule has 0 aliphatic heterocycles. The Bertz CT molecular complexity index is 440. The van der Waals surface area contributed by atoms with Crippen molar-refractivity contribution in [3.8, 4) is 0 Å². The summed E-state index contributed by atoms with van der Waals surface area (Å²) in [5, 5.41) is 7.22. The van der Waals surface area contributed by atoms with Crippen LogP contribution in [-0.2, 0) is 7.05 Å². The molecule has 5 nitrogen and oxygen atoms in total. The Hall–Kier alpha value is -1.07. The molecule has 3 N–H and O–H groups in total. The summed E-state index contributed by atoms with van der Waals surface area (Å²) in [5.74, 6) is 0.836. The maximum atomic E-state index is 12.0. The van der Waals surface area contributed by atoms with Gasteiger partial charge in [0.2, 0.25) is 0 Å². The quantitative estimate of drug-likeness (QED) is 0.860. The predicted molar refractivity (Wildman–Crippen MR) is 77.6 cm³/mol. The molecule has 108 valence electrons. The van der Waals surface area contributed by atoms with Crippen molar-refractivity contribution >= 4 is 18.3 Å². The maximum absolute atomic E-state index is 12.0. The van der Waals surface area contributed by atoms with Crippen LogP contribution in [0.25, 0.3) is 0 Å². The van der Waals surface area contributed by atoms with Gasteiger partial charge in [-0.1, -0.05) is 13.8 Å². The van der Waals surface area contributed by atoms with Crippen molar-refractivity contribution in [2.24, 2.45) is 18.7 Å². The lowest BCUT2D eigenvalue weighted by Gasteiger charge is -2.11. The smallest absolute Gasteiger partial charge is 0.269 e. The number of hydrogen-bond donors (Lipinski definition) is 2. The lowest BCUT2D eigenvalue weighted by Crippen LogP contribution is -2.39. The molecule has 1 heterocycles. The molecule has 1 amide bonds. The molecule has 2 rings (SSSR count). The van der Waals surface area contributed by atoms with Gasteiger partial charge in [0.15, 0.2) is 0 Å². The molecule has 0 spiro atoms. The molecule has 19 heavy (non-hydrogen) atoms. The van der Waals surface area contributed by atoms with Gasteiger partial charge in [-0.3, -0.25) is 9.48 Å². The molecule has 6 heteroatoms. The zero-order valence-electron chi connectivity index (χ0n) is 11.7. The van der Waals surface area contributed by atoms with E-state index in [2.05, 4.69) is 24.3 Å². The van der Waals surface area contributed by atoms with Gasteiger partial charge in [-0.2, -0.15) is 5.10 Å². The fourth-order valence-corrected chi connectivity index (χ4v) is 1.98. The van der Waals surface area contributed by atoms with Gasteiger partial charge < -0.3 is 11.1 Å². The molecule has 1 saturated carbocycles. The van der Waals surface area contributed by atoms with Crippen LogP contribution in [0.5, 0.6) is 0 Å². The van der Waals surface area contributed by atoms with E-state index < -0.39 is 0 Å². The molecule has 0 saturated heterocycles. The third kappa shape index (κ3) is 3.94. The number of carbonyl (C=O) groups is 1. The Kier molecular flexibility index (Phi) is 5.38. The molecule has 0 aromatic carbocycles. The average molecular weight is 287 g/mol. The van der Waals surface area contributed by atoms with E-state index in [9.17, 15) is 4.79 Å². The molecule has 1 aromatic rings. The van der Waals surface area contributed by atoms with Crippen LogP contribution in [0.2, 0.25) is 0 Å². The Morgan fingerprint density at radius 3 is 2.68 bits per heavy atom. The van der Waals surface area contributed by atoms with Crippen LogP contribution in [0.4, 0.5) is 0 Å². The number of carbonyl (C=O) groups excluding carboxylic acids is 1.